The number of amides is 1. The lowest BCUT2D eigenvalue weighted by atomic mass is 9.91. The molecule has 2 aliphatic heterocycles. The van der Waals surface area contributed by atoms with Crippen molar-refractivity contribution in [3.05, 3.63) is 86.5 Å². The molecule has 2 unspecified atom stereocenters. The van der Waals surface area contributed by atoms with Crippen molar-refractivity contribution in [1.82, 2.24) is 4.90 Å². The van der Waals surface area contributed by atoms with E-state index in [1.165, 1.54) is 33.4 Å². The molecule has 0 saturated carbocycles. The van der Waals surface area contributed by atoms with Crippen molar-refractivity contribution >= 4 is 38.9 Å². The van der Waals surface area contributed by atoms with Crippen molar-refractivity contribution in [3.8, 4) is 11.1 Å². The second kappa shape index (κ2) is 8.18. The summed E-state index contributed by atoms with van der Waals surface area (Å²) in [5.41, 5.74) is 7.43. The molecule has 2 aromatic carbocycles. The first kappa shape index (κ1) is 20.2. The number of hydrogen-bond acceptors (Lipinski definition) is 4. The molecule has 1 aromatic heterocycles. The minimum atomic E-state index is -0.246. The first-order valence-corrected chi connectivity index (χ1v) is 12.6. The van der Waals surface area contributed by atoms with E-state index in [-0.39, 0.29) is 24.1 Å². The highest BCUT2D eigenvalue weighted by Gasteiger charge is 2.40. The van der Waals surface area contributed by atoms with Crippen LogP contribution < -0.4 is 0 Å². The summed E-state index contributed by atoms with van der Waals surface area (Å²) in [6.45, 7) is 1.39. The zero-order valence-corrected chi connectivity index (χ0v) is 19.8. The monoisotopic (exact) mass is 507 g/mol. The Kier molecular flexibility index (Phi) is 5.17. The van der Waals surface area contributed by atoms with Crippen LogP contribution in [0.2, 0.25) is 0 Å². The average Bonchev–Trinajstić information content (AvgIpc) is 3.38. The van der Waals surface area contributed by atoms with Crippen molar-refractivity contribution in [2.75, 3.05) is 19.8 Å². The molecule has 2 bridgehead atoms. The SMILES string of the molecule is O=C(OCC1c2ccccc2-c2ccccc21)N1C2C=C(c3cscc3Br)CC1COC2. The number of rotatable bonds is 3. The Morgan fingerprint density at radius 2 is 1.75 bits per heavy atom. The van der Waals surface area contributed by atoms with E-state index in [0.717, 1.165) is 10.9 Å². The van der Waals surface area contributed by atoms with E-state index in [2.05, 4.69) is 81.3 Å². The highest BCUT2D eigenvalue weighted by molar-refractivity contribution is 9.10. The third-order valence-electron chi connectivity index (χ3n) is 6.71. The number of hydrogen-bond donors (Lipinski definition) is 0. The van der Waals surface area contributed by atoms with Crippen LogP contribution in [-0.2, 0) is 9.47 Å². The second-order valence-corrected chi connectivity index (χ2v) is 10.1. The van der Waals surface area contributed by atoms with Crippen LogP contribution in [0.15, 0.2) is 69.8 Å². The standard InChI is InChI=1S/C26H22BrNO3S/c27-25-15-32-14-24(25)16-9-17-11-30-12-18(10-16)28(17)26(29)31-13-23-21-7-3-1-5-19(21)20-6-2-4-8-22(20)23/h1-9,14-15,17-18,23H,10-13H2. The van der Waals surface area contributed by atoms with Crippen LogP contribution in [0.3, 0.4) is 0 Å². The van der Waals surface area contributed by atoms with Gasteiger partial charge < -0.3 is 9.47 Å². The zero-order chi connectivity index (χ0) is 21.7. The van der Waals surface area contributed by atoms with Crippen molar-refractivity contribution in [2.24, 2.45) is 0 Å². The van der Waals surface area contributed by atoms with Gasteiger partial charge in [-0.25, -0.2) is 4.79 Å². The molecule has 6 heteroatoms. The van der Waals surface area contributed by atoms with Crippen molar-refractivity contribution < 1.29 is 14.3 Å². The largest absolute Gasteiger partial charge is 0.448 e. The number of nitrogens with zero attached hydrogens (tertiary/aromatic N) is 1. The molecule has 0 radical (unpaired) electrons. The summed E-state index contributed by atoms with van der Waals surface area (Å²) < 4.78 is 12.9. The predicted molar refractivity (Wildman–Crippen MR) is 130 cm³/mol. The fraction of sp³-hybridized carbons (Fsp3) is 0.269. The van der Waals surface area contributed by atoms with Gasteiger partial charge in [0.25, 0.3) is 0 Å². The summed E-state index contributed by atoms with van der Waals surface area (Å²) in [4.78, 5) is 15.2. The van der Waals surface area contributed by atoms with Gasteiger partial charge in [0, 0.05) is 21.3 Å². The lowest BCUT2D eigenvalue weighted by molar-refractivity contribution is -0.0331. The minimum Gasteiger partial charge on any atom is -0.448 e. The van der Waals surface area contributed by atoms with Gasteiger partial charge >= 0.3 is 6.09 Å². The van der Waals surface area contributed by atoms with Gasteiger partial charge in [-0.3, -0.25) is 4.90 Å². The summed E-state index contributed by atoms with van der Waals surface area (Å²) in [5, 5.41) is 4.26. The first-order chi connectivity index (χ1) is 15.7. The molecule has 4 nitrogen and oxygen atoms in total. The maximum atomic E-state index is 13.3. The van der Waals surface area contributed by atoms with Crippen LogP contribution >= 0.6 is 27.3 Å². The Balaban J connectivity index is 1.23. The molecule has 0 spiro atoms. The Morgan fingerprint density at radius 1 is 1.03 bits per heavy atom. The number of halogens is 1. The van der Waals surface area contributed by atoms with Crippen LogP contribution in [0.5, 0.6) is 0 Å². The first-order valence-electron chi connectivity index (χ1n) is 10.8. The molecule has 1 amide bonds. The number of morpholine rings is 1. The second-order valence-electron chi connectivity index (χ2n) is 8.50. The van der Waals surface area contributed by atoms with E-state index >= 15 is 0 Å². The molecular formula is C26H22BrNO3S. The summed E-state index contributed by atoms with van der Waals surface area (Å²) >= 11 is 5.33. The third kappa shape index (κ3) is 3.33. The third-order valence-corrected chi connectivity index (χ3v) is 8.41. The van der Waals surface area contributed by atoms with Gasteiger partial charge in [-0.1, -0.05) is 54.6 Å². The normalized spacial score (nSPS) is 21.7. The van der Waals surface area contributed by atoms with Gasteiger partial charge in [0.1, 0.15) is 6.61 Å². The zero-order valence-electron chi connectivity index (χ0n) is 17.4. The van der Waals surface area contributed by atoms with Gasteiger partial charge in [0.05, 0.1) is 25.3 Å². The van der Waals surface area contributed by atoms with Crippen molar-refractivity contribution in [3.63, 3.8) is 0 Å². The van der Waals surface area contributed by atoms with Crippen LogP contribution in [0, 0.1) is 0 Å². The van der Waals surface area contributed by atoms with E-state index in [1.807, 2.05) is 4.90 Å². The Morgan fingerprint density at radius 3 is 2.41 bits per heavy atom. The molecule has 32 heavy (non-hydrogen) atoms. The fourth-order valence-electron chi connectivity index (χ4n) is 5.26. The van der Waals surface area contributed by atoms with Gasteiger partial charge in [0.15, 0.2) is 0 Å². The molecule has 1 saturated heterocycles. The number of carbonyl (C=O) groups is 1. The molecule has 3 aliphatic rings. The molecule has 3 aromatic rings. The van der Waals surface area contributed by atoms with Gasteiger partial charge in [0.2, 0.25) is 0 Å². The molecule has 1 fully saturated rings. The fourth-order valence-corrected chi connectivity index (χ4v) is 6.83. The number of benzene rings is 2. The maximum absolute atomic E-state index is 13.3. The molecule has 1 aliphatic carbocycles. The average molecular weight is 508 g/mol. The number of fused-ring (bicyclic) bond motifs is 5. The number of thiophene rings is 1. The summed E-state index contributed by atoms with van der Waals surface area (Å²) in [6, 6.07) is 16.7. The quantitative estimate of drug-likeness (QED) is 0.416. The van der Waals surface area contributed by atoms with Crippen LogP contribution in [0.25, 0.3) is 16.7 Å². The molecular weight excluding hydrogens is 486 g/mol. The Hall–Kier alpha value is -2.41. The summed E-state index contributed by atoms with van der Waals surface area (Å²) in [7, 11) is 0. The highest BCUT2D eigenvalue weighted by atomic mass is 79.9. The molecule has 3 heterocycles. The maximum Gasteiger partial charge on any atom is 0.410 e. The van der Waals surface area contributed by atoms with Gasteiger partial charge in [-0.2, -0.15) is 11.3 Å². The Labute approximate surface area is 199 Å². The molecule has 2 atom stereocenters. The van der Waals surface area contributed by atoms with Crippen LogP contribution in [-0.4, -0.2) is 42.9 Å². The number of ether oxygens (including phenoxy) is 2. The lowest BCUT2D eigenvalue weighted by Crippen LogP contribution is -2.56. The molecule has 162 valence electrons. The smallest absolute Gasteiger partial charge is 0.410 e. The topological polar surface area (TPSA) is 38.8 Å². The Bertz CT molecular complexity index is 1170. The molecule has 6 rings (SSSR count). The van der Waals surface area contributed by atoms with E-state index in [1.54, 1.807) is 11.3 Å². The van der Waals surface area contributed by atoms with E-state index < -0.39 is 0 Å². The van der Waals surface area contributed by atoms with Crippen molar-refractivity contribution in [1.29, 1.82) is 0 Å². The highest BCUT2D eigenvalue weighted by Crippen LogP contribution is 2.45. The van der Waals surface area contributed by atoms with Crippen LogP contribution in [0.4, 0.5) is 4.79 Å². The number of carbonyl (C=O) groups excluding carboxylic acids is 1. The summed E-state index contributed by atoms with van der Waals surface area (Å²) in [6.07, 6.45) is 2.70. The van der Waals surface area contributed by atoms with Gasteiger partial charge in [-0.15, -0.1) is 0 Å². The van der Waals surface area contributed by atoms with E-state index in [9.17, 15) is 4.79 Å². The van der Waals surface area contributed by atoms with Crippen molar-refractivity contribution in [2.45, 2.75) is 24.4 Å². The minimum absolute atomic E-state index is 0.00352. The molecule has 0 N–H and O–H groups in total. The van der Waals surface area contributed by atoms with Gasteiger partial charge in [-0.05, 0) is 55.6 Å². The van der Waals surface area contributed by atoms with Crippen LogP contribution in [0.1, 0.15) is 29.0 Å². The predicted octanol–water partition coefficient (Wildman–Crippen LogP) is 6.32. The van der Waals surface area contributed by atoms with E-state index in [4.69, 9.17) is 9.47 Å². The lowest BCUT2D eigenvalue weighted by Gasteiger charge is -2.43. The summed E-state index contributed by atoms with van der Waals surface area (Å²) in [5.74, 6) is 0.0695. The van der Waals surface area contributed by atoms with E-state index in [0.29, 0.717) is 19.8 Å².